The van der Waals surface area contributed by atoms with Crippen LogP contribution in [0.25, 0.3) is 0 Å². The molecule has 23 heavy (non-hydrogen) atoms. The molecular formula is C19H27NO3. The lowest BCUT2D eigenvalue weighted by Gasteiger charge is -2.32. The Morgan fingerprint density at radius 3 is 2.83 bits per heavy atom. The Hall–Kier alpha value is -1.39. The third kappa shape index (κ3) is 5.05. The zero-order valence-corrected chi connectivity index (χ0v) is 13.8. The van der Waals surface area contributed by atoms with Crippen molar-refractivity contribution in [2.45, 2.75) is 44.8 Å². The molecule has 0 amide bonds. The highest BCUT2D eigenvalue weighted by atomic mass is 16.6. The minimum Gasteiger partial charge on any atom is -0.463 e. The van der Waals surface area contributed by atoms with Crippen molar-refractivity contribution in [3.8, 4) is 0 Å². The van der Waals surface area contributed by atoms with Crippen molar-refractivity contribution in [3.05, 3.63) is 35.9 Å². The maximum Gasteiger partial charge on any atom is 0.310 e. The van der Waals surface area contributed by atoms with Crippen molar-refractivity contribution in [3.63, 3.8) is 0 Å². The van der Waals surface area contributed by atoms with Crippen LogP contribution in [-0.2, 0) is 20.8 Å². The van der Waals surface area contributed by atoms with Gasteiger partial charge in [-0.15, -0.1) is 0 Å². The number of piperidine rings is 1. The molecule has 0 N–H and O–H groups in total. The van der Waals surface area contributed by atoms with Gasteiger partial charge in [-0.25, -0.2) is 0 Å². The molecule has 126 valence electrons. The lowest BCUT2D eigenvalue weighted by molar-refractivity contribution is -0.156. The van der Waals surface area contributed by atoms with Gasteiger partial charge in [0, 0.05) is 19.7 Å². The third-order valence-electron chi connectivity index (χ3n) is 4.77. The van der Waals surface area contributed by atoms with Gasteiger partial charge in [-0.05, 0) is 44.2 Å². The normalized spacial score (nSPS) is 25.9. The van der Waals surface area contributed by atoms with Crippen LogP contribution in [-0.4, -0.2) is 43.3 Å². The molecule has 2 atom stereocenters. The predicted octanol–water partition coefficient (Wildman–Crippen LogP) is 3.01. The lowest BCUT2D eigenvalue weighted by atomic mass is 9.97. The number of esters is 1. The summed E-state index contributed by atoms with van der Waals surface area (Å²) in [5.74, 6) is -0.0343. The second kappa shape index (κ2) is 8.46. The highest BCUT2D eigenvalue weighted by molar-refractivity contribution is 5.72. The lowest BCUT2D eigenvalue weighted by Crippen LogP contribution is -2.39. The molecule has 2 saturated heterocycles. The van der Waals surface area contributed by atoms with E-state index in [0.717, 1.165) is 51.9 Å². The summed E-state index contributed by atoms with van der Waals surface area (Å²) in [5.41, 5.74) is 1.30. The average molecular weight is 317 g/mol. The van der Waals surface area contributed by atoms with Crippen molar-refractivity contribution in [1.29, 1.82) is 0 Å². The van der Waals surface area contributed by atoms with E-state index < -0.39 is 0 Å². The molecule has 4 heteroatoms. The van der Waals surface area contributed by atoms with Gasteiger partial charge in [0.05, 0.1) is 12.0 Å². The van der Waals surface area contributed by atoms with E-state index in [2.05, 4.69) is 29.2 Å². The van der Waals surface area contributed by atoms with Crippen LogP contribution in [0, 0.1) is 5.92 Å². The monoisotopic (exact) mass is 317 g/mol. The molecule has 1 aromatic rings. The fraction of sp³-hybridized carbons (Fsp3) is 0.632. The maximum atomic E-state index is 12.3. The molecule has 0 saturated carbocycles. The predicted molar refractivity (Wildman–Crippen MR) is 89.0 cm³/mol. The SMILES string of the molecule is O=C(OCC1CCCCO1)C1CCCN(Cc2ccccc2)C1. The number of ether oxygens (including phenoxy) is 2. The molecule has 2 fully saturated rings. The van der Waals surface area contributed by atoms with E-state index in [1.165, 1.54) is 12.0 Å². The fourth-order valence-corrected chi connectivity index (χ4v) is 3.46. The Balaban J connectivity index is 1.44. The van der Waals surface area contributed by atoms with Crippen LogP contribution in [0.4, 0.5) is 0 Å². The molecule has 4 nitrogen and oxygen atoms in total. The summed E-state index contributed by atoms with van der Waals surface area (Å²) < 4.78 is 11.2. The zero-order chi connectivity index (χ0) is 15.9. The van der Waals surface area contributed by atoms with Crippen molar-refractivity contribution in [2.75, 3.05) is 26.3 Å². The summed E-state index contributed by atoms with van der Waals surface area (Å²) >= 11 is 0. The first-order valence-electron chi connectivity index (χ1n) is 8.86. The maximum absolute atomic E-state index is 12.3. The van der Waals surface area contributed by atoms with E-state index in [4.69, 9.17) is 9.47 Å². The zero-order valence-electron chi connectivity index (χ0n) is 13.8. The summed E-state index contributed by atoms with van der Waals surface area (Å²) in [6, 6.07) is 10.4. The first kappa shape index (κ1) is 16.5. The smallest absolute Gasteiger partial charge is 0.310 e. The highest BCUT2D eigenvalue weighted by Crippen LogP contribution is 2.21. The van der Waals surface area contributed by atoms with Crippen molar-refractivity contribution >= 4 is 5.97 Å². The van der Waals surface area contributed by atoms with Gasteiger partial charge in [0.25, 0.3) is 0 Å². The Bertz CT molecular complexity index is 485. The van der Waals surface area contributed by atoms with E-state index in [9.17, 15) is 4.79 Å². The fourth-order valence-electron chi connectivity index (χ4n) is 3.46. The van der Waals surface area contributed by atoms with Crippen LogP contribution >= 0.6 is 0 Å². The van der Waals surface area contributed by atoms with E-state index in [1.807, 2.05) is 6.07 Å². The van der Waals surface area contributed by atoms with Crippen LogP contribution in [0.5, 0.6) is 0 Å². The van der Waals surface area contributed by atoms with E-state index in [-0.39, 0.29) is 18.0 Å². The van der Waals surface area contributed by atoms with Gasteiger partial charge < -0.3 is 9.47 Å². The van der Waals surface area contributed by atoms with Gasteiger partial charge in [-0.3, -0.25) is 9.69 Å². The van der Waals surface area contributed by atoms with Gasteiger partial charge in [0.1, 0.15) is 6.61 Å². The van der Waals surface area contributed by atoms with E-state index in [0.29, 0.717) is 6.61 Å². The second-order valence-electron chi connectivity index (χ2n) is 6.68. The highest BCUT2D eigenvalue weighted by Gasteiger charge is 2.28. The first-order valence-corrected chi connectivity index (χ1v) is 8.86. The van der Waals surface area contributed by atoms with Gasteiger partial charge in [0.15, 0.2) is 0 Å². The molecule has 1 aromatic carbocycles. The van der Waals surface area contributed by atoms with Gasteiger partial charge in [0.2, 0.25) is 0 Å². The molecule has 2 aliphatic rings. The first-order chi connectivity index (χ1) is 11.3. The van der Waals surface area contributed by atoms with Crippen LogP contribution in [0.1, 0.15) is 37.7 Å². The van der Waals surface area contributed by atoms with Gasteiger partial charge in [-0.2, -0.15) is 0 Å². The largest absolute Gasteiger partial charge is 0.463 e. The van der Waals surface area contributed by atoms with Crippen LogP contribution in [0.15, 0.2) is 30.3 Å². The summed E-state index contributed by atoms with van der Waals surface area (Å²) in [4.78, 5) is 14.7. The van der Waals surface area contributed by atoms with E-state index in [1.54, 1.807) is 0 Å². The van der Waals surface area contributed by atoms with Crippen LogP contribution in [0.2, 0.25) is 0 Å². The Morgan fingerprint density at radius 2 is 2.04 bits per heavy atom. The molecule has 2 unspecified atom stereocenters. The molecule has 0 aliphatic carbocycles. The summed E-state index contributed by atoms with van der Waals surface area (Å²) in [7, 11) is 0. The van der Waals surface area contributed by atoms with Crippen molar-refractivity contribution in [1.82, 2.24) is 4.90 Å². The number of hydrogen-bond acceptors (Lipinski definition) is 4. The van der Waals surface area contributed by atoms with Crippen molar-refractivity contribution in [2.24, 2.45) is 5.92 Å². The third-order valence-corrected chi connectivity index (χ3v) is 4.77. The Kier molecular flexibility index (Phi) is 6.06. The number of hydrogen-bond donors (Lipinski definition) is 0. The molecule has 2 heterocycles. The van der Waals surface area contributed by atoms with Crippen LogP contribution in [0.3, 0.4) is 0 Å². The molecule has 0 aromatic heterocycles. The molecule has 2 aliphatic heterocycles. The Labute approximate surface area is 138 Å². The average Bonchev–Trinajstić information content (AvgIpc) is 2.62. The number of nitrogens with zero attached hydrogens (tertiary/aromatic N) is 1. The number of rotatable bonds is 5. The second-order valence-corrected chi connectivity index (χ2v) is 6.68. The topological polar surface area (TPSA) is 38.8 Å². The summed E-state index contributed by atoms with van der Waals surface area (Å²) in [5, 5.41) is 0. The van der Waals surface area contributed by atoms with Gasteiger partial charge in [-0.1, -0.05) is 30.3 Å². The quantitative estimate of drug-likeness (QED) is 0.783. The standard InChI is InChI=1S/C19H27NO3/c21-19(23-15-18-10-4-5-12-22-18)17-9-6-11-20(14-17)13-16-7-2-1-3-8-16/h1-3,7-8,17-18H,4-6,9-15H2. The number of carbonyl (C=O) groups is 1. The van der Waals surface area contributed by atoms with E-state index >= 15 is 0 Å². The minimum absolute atomic E-state index is 0.0102. The Morgan fingerprint density at radius 1 is 1.17 bits per heavy atom. The van der Waals surface area contributed by atoms with Crippen LogP contribution < -0.4 is 0 Å². The summed E-state index contributed by atoms with van der Waals surface area (Å²) in [6.45, 7) is 4.00. The number of benzene rings is 1. The summed E-state index contributed by atoms with van der Waals surface area (Å²) in [6.07, 6.45) is 5.43. The minimum atomic E-state index is -0.0445. The molecule has 3 rings (SSSR count). The van der Waals surface area contributed by atoms with Crippen molar-refractivity contribution < 1.29 is 14.3 Å². The molecule has 0 radical (unpaired) electrons. The molecular weight excluding hydrogens is 290 g/mol. The van der Waals surface area contributed by atoms with Gasteiger partial charge >= 0.3 is 5.97 Å². The number of carbonyl (C=O) groups excluding carboxylic acids is 1. The number of likely N-dealkylation sites (tertiary alicyclic amines) is 1. The molecule has 0 bridgehead atoms. The molecule has 0 spiro atoms.